The molecule has 0 saturated heterocycles. The van der Waals surface area contributed by atoms with Gasteiger partial charge in [0.05, 0.1) is 0 Å². The predicted octanol–water partition coefficient (Wildman–Crippen LogP) is 3.63. The number of nitrogens with zero attached hydrogens (tertiary/aromatic N) is 2. The highest BCUT2D eigenvalue weighted by Gasteiger charge is 2.14. The Bertz CT molecular complexity index is 703. The summed E-state index contributed by atoms with van der Waals surface area (Å²) < 4.78 is 7.99. The Hall–Kier alpha value is -1.50. The summed E-state index contributed by atoms with van der Waals surface area (Å²) in [5.74, 6) is 1.48. The number of hydrogen-bond acceptors (Lipinski definition) is 5. The van der Waals surface area contributed by atoms with Gasteiger partial charge in [-0.15, -0.1) is 23.1 Å². The first-order valence-electron chi connectivity index (χ1n) is 6.22. The van der Waals surface area contributed by atoms with E-state index in [0.717, 1.165) is 22.9 Å². The molecular formula is C14H15N3OS2. The minimum Gasteiger partial charge on any atom is -0.437 e. The van der Waals surface area contributed by atoms with Gasteiger partial charge in [-0.05, 0) is 37.6 Å². The van der Waals surface area contributed by atoms with Crippen LogP contribution in [-0.4, -0.2) is 22.7 Å². The van der Waals surface area contributed by atoms with Gasteiger partial charge in [-0.1, -0.05) is 0 Å². The lowest BCUT2D eigenvalue weighted by atomic mass is 10.3. The summed E-state index contributed by atoms with van der Waals surface area (Å²) in [5.41, 5.74) is 1.04. The van der Waals surface area contributed by atoms with Crippen molar-refractivity contribution in [2.24, 2.45) is 0 Å². The molecular weight excluding hydrogens is 290 g/mol. The standard InChI is InChI=1S/C14H15N3OS2/c1-15-9-12-13(16-14-17(12)7-8-20-14)18-10-3-5-11(19-2)6-4-10/h3-8,15H,9H2,1-2H3. The van der Waals surface area contributed by atoms with Gasteiger partial charge in [0.25, 0.3) is 0 Å². The quantitative estimate of drug-likeness (QED) is 0.731. The van der Waals surface area contributed by atoms with E-state index in [1.807, 2.05) is 30.8 Å². The first-order valence-corrected chi connectivity index (χ1v) is 8.33. The minimum atomic E-state index is 0.670. The fourth-order valence-corrected chi connectivity index (χ4v) is 3.11. The maximum atomic E-state index is 5.93. The van der Waals surface area contributed by atoms with E-state index >= 15 is 0 Å². The van der Waals surface area contributed by atoms with Crippen molar-refractivity contribution in [1.82, 2.24) is 14.7 Å². The molecule has 0 fully saturated rings. The zero-order chi connectivity index (χ0) is 13.9. The Morgan fingerprint density at radius 3 is 2.85 bits per heavy atom. The average Bonchev–Trinajstić information content (AvgIpc) is 3.03. The Labute approximate surface area is 125 Å². The van der Waals surface area contributed by atoms with E-state index in [1.165, 1.54) is 4.90 Å². The van der Waals surface area contributed by atoms with E-state index in [4.69, 9.17) is 4.74 Å². The molecule has 0 saturated carbocycles. The Morgan fingerprint density at radius 2 is 2.15 bits per heavy atom. The van der Waals surface area contributed by atoms with E-state index < -0.39 is 0 Å². The molecule has 20 heavy (non-hydrogen) atoms. The van der Waals surface area contributed by atoms with Gasteiger partial charge >= 0.3 is 0 Å². The minimum absolute atomic E-state index is 0.670. The highest BCUT2D eigenvalue weighted by atomic mass is 32.2. The van der Waals surface area contributed by atoms with Crippen LogP contribution in [0.15, 0.2) is 40.7 Å². The molecule has 1 N–H and O–H groups in total. The monoisotopic (exact) mass is 305 g/mol. The first-order chi connectivity index (χ1) is 9.81. The largest absolute Gasteiger partial charge is 0.437 e. The fraction of sp³-hybridized carbons (Fsp3) is 0.214. The molecule has 0 aliphatic carbocycles. The lowest BCUT2D eigenvalue weighted by Crippen LogP contribution is -2.08. The lowest BCUT2D eigenvalue weighted by molar-refractivity contribution is 0.457. The number of fused-ring (bicyclic) bond motifs is 1. The van der Waals surface area contributed by atoms with Gasteiger partial charge < -0.3 is 10.1 Å². The van der Waals surface area contributed by atoms with Crippen molar-refractivity contribution < 1.29 is 4.74 Å². The van der Waals surface area contributed by atoms with Crippen LogP contribution in [0.25, 0.3) is 4.96 Å². The van der Waals surface area contributed by atoms with Crippen molar-refractivity contribution >= 4 is 28.1 Å². The van der Waals surface area contributed by atoms with Crippen molar-refractivity contribution in [3.8, 4) is 11.6 Å². The second kappa shape index (κ2) is 5.87. The number of thioether (sulfide) groups is 1. The van der Waals surface area contributed by atoms with Crippen LogP contribution in [0.4, 0.5) is 0 Å². The molecule has 2 heterocycles. The van der Waals surface area contributed by atoms with E-state index in [0.29, 0.717) is 5.88 Å². The molecule has 3 rings (SSSR count). The van der Waals surface area contributed by atoms with Crippen LogP contribution in [0.2, 0.25) is 0 Å². The number of thiazole rings is 1. The summed E-state index contributed by atoms with van der Waals surface area (Å²) >= 11 is 3.32. The molecule has 0 aliphatic heterocycles. The molecule has 0 spiro atoms. The molecule has 0 radical (unpaired) electrons. The second-order valence-corrected chi connectivity index (χ2v) is 5.98. The normalized spacial score (nSPS) is 11.1. The fourth-order valence-electron chi connectivity index (χ4n) is 1.98. The van der Waals surface area contributed by atoms with Crippen LogP contribution in [0, 0.1) is 0 Å². The van der Waals surface area contributed by atoms with Crippen LogP contribution in [0.3, 0.4) is 0 Å². The van der Waals surface area contributed by atoms with Gasteiger partial charge in [0.2, 0.25) is 5.88 Å². The third kappa shape index (κ3) is 2.54. The average molecular weight is 305 g/mol. The van der Waals surface area contributed by atoms with Crippen molar-refractivity contribution in [3.05, 3.63) is 41.5 Å². The number of imidazole rings is 1. The molecule has 6 heteroatoms. The third-order valence-electron chi connectivity index (χ3n) is 2.94. The molecule has 2 aromatic heterocycles. The van der Waals surface area contributed by atoms with Crippen LogP contribution in [-0.2, 0) is 6.54 Å². The summed E-state index contributed by atoms with van der Waals surface area (Å²) in [5, 5.41) is 5.18. The first kappa shape index (κ1) is 13.5. The van der Waals surface area contributed by atoms with E-state index in [-0.39, 0.29) is 0 Å². The van der Waals surface area contributed by atoms with E-state index in [9.17, 15) is 0 Å². The van der Waals surface area contributed by atoms with Crippen molar-refractivity contribution in [3.63, 3.8) is 0 Å². The molecule has 4 nitrogen and oxygen atoms in total. The number of hydrogen-bond donors (Lipinski definition) is 1. The van der Waals surface area contributed by atoms with Gasteiger partial charge in [0, 0.05) is 23.0 Å². The molecule has 0 amide bonds. The number of benzene rings is 1. The van der Waals surface area contributed by atoms with Crippen LogP contribution >= 0.6 is 23.1 Å². The van der Waals surface area contributed by atoms with Gasteiger partial charge in [-0.25, -0.2) is 0 Å². The summed E-state index contributed by atoms with van der Waals surface area (Å²) in [6, 6.07) is 8.05. The number of rotatable bonds is 5. The van der Waals surface area contributed by atoms with Crippen molar-refractivity contribution in [1.29, 1.82) is 0 Å². The molecule has 0 aliphatic rings. The number of ether oxygens (including phenoxy) is 1. The molecule has 1 aromatic carbocycles. The summed E-state index contributed by atoms with van der Waals surface area (Å²) in [7, 11) is 1.92. The number of nitrogens with one attached hydrogen (secondary N) is 1. The molecule has 104 valence electrons. The van der Waals surface area contributed by atoms with Gasteiger partial charge in [0.15, 0.2) is 4.96 Å². The molecule has 0 unspecified atom stereocenters. The third-order valence-corrected chi connectivity index (χ3v) is 4.44. The zero-order valence-corrected chi connectivity index (χ0v) is 12.9. The van der Waals surface area contributed by atoms with E-state index in [1.54, 1.807) is 23.1 Å². The predicted molar refractivity (Wildman–Crippen MR) is 84.1 cm³/mol. The highest BCUT2D eigenvalue weighted by Crippen LogP contribution is 2.28. The highest BCUT2D eigenvalue weighted by molar-refractivity contribution is 7.98. The lowest BCUT2D eigenvalue weighted by Gasteiger charge is -2.06. The van der Waals surface area contributed by atoms with Gasteiger partial charge in [-0.3, -0.25) is 4.40 Å². The topological polar surface area (TPSA) is 38.6 Å². The van der Waals surface area contributed by atoms with Gasteiger partial charge in [-0.2, -0.15) is 4.98 Å². The molecule has 0 bridgehead atoms. The SMILES string of the molecule is CNCc1c(Oc2ccc(SC)cc2)nc2sccn12. The molecule has 3 aromatic rings. The van der Waals surface area contributed by atoms with Crippen molar-refractivity contribution in [2.45, 2.75) is 11.4 Å². The summed E-state index contributed by atoms with van der Waals surface area (Å²) in [6.45, 7) is 0.718. The van der Waals surface area contributed by atoms with E-state index in [2.05, 4.69) is 33.1 Å². The Balaban J connectivity index is 1.92. The van der Waals surface area contributed by atoms with Gasteiger partial charge in [0.1, 0.15) is 11.4 Å². The Kier molecular flexibility index (Phi) is 3.95. The van der Waals surface area contributed by atoms with Crippen LogP contribution in [0.1, 0.15) is 5.69 Å². The maximum absolute atomic E-state index is 5.93. The summed E-state index contributed by atoms with van der Waals surface area (Å²) in [6.07, 6.45) is 4.08. The maximum Gasteiger partial charge on any atom is 0.243 e. The number of aromatic nitrogens is 2. The zero-order valence-electron chi connectivity index (χ0n) is 11.3. The molecule has 0 atom stereocenters. The summed E-state index contributed by atoms with van der Waals surface area (Å²) in [4.78, 5) is 6.71. The Morgan fingerprint density at radius 1 is 1.35 bits per heavy atom. The second-order valence-electron chi connectivity index (χ2n) is 4.23. The van der Waals surface area contributed by atoms with Crippen LogP contribution in [0.5, 0.6) is 11.6 Å². The van der Waals surface area contributed by atoms with Crippen LogP contribution < -0.4 is 10.1 Å². The van der Waals surface area contributed by atoms with Crippen molar-refractivity contribution in [2.75, 3.05) is 13.3 Å². The smallest absolute Gasteiger partial charge is 0.243 e.